The fraction of sp³-hybridized carbons (Fsp3) is 1.00. The van der Waals surface area contributed by atoms with Crippen LogP contribution in [0.5, 0.6) is 0 Å². The van der Waals surface area contributed by atoms with Gasteiger partial charge in [-0.3, -0.25) is 0 Å². The van der Waals surface area contributed by atoms with Gasteiger partial charge < -0.3 is 0 Å². The van der Waals surface area contributed by atoms with Gasteiger partial charge in [0.2, 0.25) is 0 Å². The molecule has 3 aliphatic rings. The van der Waals surface area contributed by atoms with Crippen LogP contribution in [0.2, 0.25) is 0 Å². The summed E-state index contributed by atoms with van der Waals surface area (Å²) in [5.41, 5.74) is 0. The molecule has 3 rings (SSSR count). The van der Waals surface area contributed by atoms with Crippen molar-refractivity contribution in [2.24, 2.45) is 47.3 Å². The van der Waals surface area contributed by atoms with Gasteiger partial charge in [0.15, 0.2) is 0 Å². The molecule has 3 fully saturated rings. The lowest BCUT2D eigenvalue weighted by Crippen LogP contribution is -2.57. The molecular weight excluding hydrogens is 216 g/mol. The molecule has 3 saturated carbocycles. The summed E-state index contributed by atoms with van der Waals surface area (Å²) < 4.78 is 0. The molecule has 3 aliphatic carbocycles. The largest absolute Gasteiger partial charge is 0.0651 e. The Morgan fingerprint density at radius 1 is 1.06 bits per heavy atom. The van der Waals surface area contributed by atoms with Crippen molar-refractivity contribution in [2.45, 2.75) is 66.2 Å². The van der Waals surface area contributed by atoms with Crippen molar-refractivity contribution < 1.29 is 0 Å². The first-order valence-corrected chi connectivity index (χ1v) is 8.61. The Hall–Kier alpha value is 0. The number of fused-ring (bicyclic) bond motifs is 1. The van der Waals surface area contributed by atoms with Crippen molar-refractivity contribution in [1.82, 2.24) is 0 Å². The van der Waals surface area contributed by atoms with E-state index in [0.717, 1.165) is 47.3 Å². The highest BCUT2D eigenvalue weighted by molar-refractivity contribution is 5.07. The molecule has 7 atom stereocenters. The fourth-order valence-electron chi connectivity index (χ4n) is 5.37. The maximum Gasteiger partial charge on any atom is -0.0326 e. The van der Waals surface area contributed by atoms with E-state index in [0.29, 0.717) is 0 Å². The highest BCUT2D eigenvalue weighted by atomic mass is 14.6. The van der Waals surface area contributed by atoms with Crippen LogP contribution in [0.15, 0.2) is 0 Å². The molecule has 0 spiro atoms. The van der Waals surface area contributed by atoms with Crippen molar-refractivity contribution >= 4 is 0 Å². The van der Waals surface area contributed by atoms with Gasteiger partial charge in [-0.2, -0.15) is 0 Å². The van der Waals surface area contributed by atoms with Gasteiger partial charge in [0.05, 0.1) is 0 Å². The maximum absolute atomic E-state index is 2.56. The first-order valence-electron chi connectivity index (χ1n) is 8.61. The second-order valence-corrected chi connectivity index (χ2v) is 8.13. The maximum atomic E-state index is 2.56. The Morgan fingerprint density at radius 2 is 1.83 bits per heavy atom. The number of hydrogen-bond acceptors (Lipinski definition) is 0. The van der Waals surface area contributed by atoms with Crippen LogP contribution in [0.1, 0.15) is 66.2 Å². The van der Waals surface area contributed by atoms with Crippen LogP contribution < -0.4 is 0 Å². The molecule has 0 aromatic heterocycles. The van der Waals surface area contributed by atoms with Gasteiger partial charge in [-0.25, -0.2) is 0 Å². The predicted octanol–water partition coefficient (Wildman–Crippen LogP) is 5.38. The van der Waals surface area contributed by atoms with Crippen LogP contribution >= 0.6 is 0 Å². The molecule has 7 unspecified atom stereocenters. The molecule has 104 valence electrons. The molecule has 0 aliphatic heterocycles. The highest BCUT2D eigenvalue weighted by Crippen LogP contribution is 2.65. The van der Waals surface area contributed by atoms with Gasteiger partial charge in [0, 0.05) is 0 Å². The van der Waals surface area contributed by atoms with E-state index in [-0.39, 0.29) is 0 Å². The lowest BCUT2D eigenvalue weighted by Gasteiger charge is -2.64. The van der Waals surface area contributed by atoms with E-state index in [1.165, 1.54) is 19.3 Å². The van der Waals surface area contributed by atoms with Crippen LogP contribution in [0, 0.1) is 47.3 Å². The second-order valence-electron chi connectivity index (χ2n) is 8.13. The quantitative estimate of drug-likeness (QED) is 0.592. The first-order chi connectivity index (χ1) is 8.61. The van der Waals surface area contributed by atoms with E-state index in [1.807, 2.05) is 0 Å². The zero-order valence-corrected chi connectivity index (χ0v) is 12.9. The normalized spacial score (nSPS) is 49.5. The molecule has 0 heterocycles. The molecule has 0 N–H and O–H groups in total. The molecule has 0 nitrogen and oxygen atoms in total. The molecule has 0 aromatic rings. The Morgan fingerprint density at radius 3 is 2.39 bits per heavy atom. The molecule has 0 radical (unpaired) electrons. The Kier molecular flexibility index (Phi) is 3.49. The van der Waals surface area contributed by atoms with E-state index >= 15 is 0 Å². The van der Waals surface area contributed by atoms with Crippen molar-refractivity contribution in [3.05, 3.63) is 0 Å². The van der Waals surface area contributed by atoms with Crippen molar-refractivity contribution in [1.29, 1.82) is 0 Å². The summed E-state index contributed by atoms with van der Waals surface area (Å²) in [5.74, 6) is 8.79. The summed E-state index contributed by atoms with van der Waals surface area (Å²) in [6.45, 7) is 9.69. The molecular formula is C18H32. The average Bonchev–Trinajstić information content (AvgIpc) is 3.04. The van der Waals surface area contributed by atoms with Gasteiger partial charge in [0.1, 0.15) is 0 Å². The summed E-state index contributed by atoms with van der Waals surface area (Å²) in [6, 6.07) is 0. The fourth-order valence-corrected chi connectivity index (χ4v) is 5.37. The third-order valence-corrected chi connectivity index (χ3v) is 6.72. The minimum absolute atomic E-state index is 0.906. The number of hydrogen-bond donors (Lipinski definition) is 0. The van der Waals surface area contributed by atoms with Crippen LogP contribution in [0.3, 0.4) is 0 Å². The molecule has 18 heavy (non-hydrogen) atoms. The Balaban J connectivity index is 1.41. The molecule has 0 heteroatoms. The summed E-state index contributed by atoms with van der Waals surface area (Å²) in [4.78, 5) is 0. The molecule has 0 amide bonds. The van der Waals surface area contributed by atoms with E-state index in [2.05, 4.69) is 27.7 Å². The third-order valence-electron chi connectivity index (χ3n) is 6.72. The van der Waals surface area contributed by atoms with Crippen LogP contribution in [0.25, 0.3) is 0 Å². The van der Waals surface area contributed by atoms with Gasteiger partial charge in [-0.15, -0.1) is 0 Å². The lowest BCUT2D eigenvalue weighted by molar-refractivity contribution is -0.152. The van der Waals surface area contributed by atoms with Crippen molar-refractivity contribution in [3.8, 4) is 0 Å². The monoisotopic (exact) mass is 248 g/mol. The van der Waals surface area contributed by atoms with Crippen molar-refractivity contribution in [3.63, 3.8) is 0 Å². The first kappa shape index (κ1) is 13.0. The standard InChI is InChI=1S/C18H32/c1-5-13-8-14(13)9-15-10-17-16(7-6-11(2)3)12(4)18(15)17/h11-18H,5-10H2,1-4H3. The smallest absolute Gasteiger partial charge is 0.0326 e. The Labute approximate surface area is 114 Å². The average molecular weight is 248 g/mol. The van der Waals surface area contributed by atoms with Crippen LogP contribution in [-0.2, 0) is 0 Å². The van der Waals surface area contributed by atoms with Gasteiger partial charge in [-0.1, -0.05) is 40.5 Å². The molecule has 0 saturated heterocycles. The van der Waals surface area contributed by atoms with Gasteiger partial charge in [-0.05, 0) is 73.0 Å². The summed E-state index contributed by atoms with van der Waals surface area (Å²) in [6.07, 6.45) is 9.19. The van der Waals surface area contributed by atoms with Gasteiger partial charge >= 0.3 is 0 Å². The topological polar surface area (TPSA) is 0 Å². The van der Waals surface area contributed by atoms with Crippen LogP contribution in [0.4, 0.5) is 0 Å². The van der Waals surface area contributed by atoms with Crippen LogP contribution in [-0.4, -0.2) is 0 Å². The summed E-state index contributed by atoms with van der Waals surface area (Å²) in [5, 5.41) is 0. The number of rotatable bonds is 6. The summed E-state index contributed by atoms with van der Waals surface area (Å²) >= 11 is 0. The van der Waals surface area contributed by atoms with E-state index in [4.69, 9.17) is 0 Å². The van der Waals surface area contributed by atoms with E-state index in [1.54, 1.807) is 19.3 Å². The highest BCUT2D eigenvalue weighted by Gasteiger charge is 2.58. The third kappa shape index (κ3) is 2.14. The summed E-state index contributed by atoms with van der Waals surface area (Å²) in [7, 11) is 0. The lowest BCUT2D eigenvalue weighted by atomic mass is 9.41. The zero-order valence-electron chi connectivity index (χ0n) is 12.9. The second kappa shape index (κ2) is 4.84. The Bertz CT molecular complexity index is 286. The predicted molar refractivity (Wildman–Crippen MR) is 78.3 cm³/mol. The van der Waals surface area contributed by atoms with E-state index < -0.39 is 0 Å². The van der Waals surface area contributed by atoms with E-state index in [9.17, 15) is 0 Å². The molecule has 0 aromatic carbocycles. The SMILES string of the molecule is CCC1CC1CC1CC2C(CCC(C)C)C(C)C12. The minimum Gasteiger partial charge on any atom is -0.0651 e. The van der Waals surface area contributed by atoms with Gasteiger partial charge in [0.25, 0.3) is 0 Å². The molecule has 0 bridgehead atoms. The minimum atomic E-state index is 0.906. The van der Waals surface area contributed by atoms with Crippen molar-refractivity contribution in [2.75, 3.05) is 0 Å². The zero-order chi connectivity index (χ0) is 12.9.